The molecule has 0 aliphatic rings. The minimum Gasteiger partial charge on any atom is -0.405 e. The lowest BCUT2D eigenvalue weighted by molar-refractivity contribution is -0.274. The maximum Gasteiger partial charge on any atom is 0.573 e. The van der Waals surface area contributed by atoms with E-state index in [1.165, 1.54) is 12.1 Å². The quantitative estimate of drug-likeness (QED) is 0.772. The Kier molecular flexibility index (Phi) is 2.77. The van der Waals surface area contributed by atoms with Crippen LogP contribution in [0.1, 0.15) is 5.56 Å². The molecule has 5 heteroatoms. The minimum absolute atomic E-state index is 0.134. The third kappa shape index (κ3) is 3.33. The molecule has 2 nitrogen and oxygen atoms in total. The van der Waals surface area contributed by atoms with Crippen LogP contribution in [0.25, 0.3) is 0 Å². The molecule has 0 heterocycles. The zero-order chi connectivity index (χ0) is 9.90. The maximum atomic E-state index is 11.7. The second kappa shape index (κ2) is 3.66. The summed E-state index contributed by atoms with van der Waals surface area (Å²) in [7, 11) is 0. The van der Waals surface area contributed by atoms with Crippen LogP contribution in [0, 0.1) is 6.07 Å². The number of ether oxygens (including phenoxy) is 1. The second-order valence-corrected chi connectivity index (χ2v) is 2.29. The molecule has 0 aromatic heterocycles. The monoisotopic (exact) mass is 190 g/mol. The molecule has 1 radical (unpaired) electrons. The van der Waals surface area contributed by atoms with Gasteiger partial charge in [-0.3, -0.25) is 0 Å². The average molecular weight is 190 g/mol. The molecule has 71 valence electrons. The van der Waals surface area contributed by atoms with Crippen molar-refractivity contribution in [2.45, 2.75) is 12.9 Å². The van der Waals surface area contributed by atoms with Gasteiger partial charge >= 0.3 is 6.36 Å². The summed E-state index contributed by atoms with van der Waals surface area (Å²) in [6.07, 6.45) is -4.68. The van der Waals surface area contributed by atoms with E-state index in [9.17, 15) is 13.2 Å². The predicted octanol–water partition coefficient (Wildman–Crippen LogP) is 1.84. The van der Waals surface area contributed by atoms with Gasteiger partial charge in [0.15, 0.2) is 0 Å². The van der Waals surface area contributed by atoms with E-state index >= 15 is 0 Å². The Morgan fingerprint density at radius 2 is 2.08 bits per heavy atom. The number of hydrogen-bond acceptors (Lipinski definition) is 2. The van der Waals surface area contributed by atoms with E-state index < -0.39 is 6.36 Å². The molecule has 0 saturated carbocycles. The summed E-state index contributed by atoms with van der Waals surface area (Å²) in [5.41, 5.74) is 5.69. The van der Waals surface area contributed by atoms with Crippen molar-refractivity contribution in [3.05, 3.63) is 29.8 Å². The van der Waals surface area contributed by atoms with Gasteiger partial charge in [0.1, 0.15) is 5.75 Å². The van der Waals surface area contributed by atoms with Crippen LogP contribution in [0.2, 0.25) is 0 Å². The molecule has 0 bridgehead atoms. The summed E-state index contributed by atoms with van der Waals surface area (Å²) in [4.78, 5) is 0. The standard InChI is InChI=1S/C8H7F3NO/c9-8(10,11)13-7-3-1-2-6(4-7)5-12/h1-3H,5,12H2. The lowest BCUT2D eigenvalue weighted by Crippen LogP contribution is -2.17. The highest BCUT2D eigenvalue weighted by atomic mass is 19.4. The molecule has 0 aliphatic carbocycles. The van der Waals surface area contributed by atoms with Gasteiger partial charge in [-0.15, -0.1) is 13.2 Å². The highest BCUT2D eigenvalue weighted by molar-refractivity contribution is 5.26. The van der Waals surface area contributed by atoms with Gasteiger partial charge in [0.05, 0.1) is 0 Å². The van der Waals surface area contributed by atoms with Crippen molar-refractivity contribution in [1.29, 1.82) is 0 Å². The van der Waals surface area contributed by atoms with Gasteiger partial charge in [-0.05, 0) is 11.6 Å². The van der Waals surface area contributed by atoms with E-state index in [1.54, 1.807) is 6.07 Å². The summed E-state index contributed by atoms with van der Waals surface area (Å²) in [5, 5.41) is 0. The van der Waals surface area contributed by atoms with Crippen LogP contribution in [-0.4, -0.2) is 6.36 Å². The molecule has 1 aromatic rings. The molecule has 0 atom stereocenters. The summed E-state index contributed by atoms with van der Waals surface area (Å²) in [6, 6.07) is 6.56. The van der Waals surface area contributed by atoms with Crippen LogP contribution in [0.5, 0.6) is 5.75 Å². The van der Waals surface area contributed by atoms with Gasteiger partial charge in [-0.2, -0.15) is 0 Å². The Morgan fingerprint density at radius 3 is 2.62 bits per heavy atom. The fraction of sp³-hybridized carbons (Fsp3) is 0.250. The highest BCUT2D eigenvalue weighted by Gasteiger charge is 2.31. The van der Waals surface area contributed by atoms with Gasteiger partial charge in [-0.25, -0.2) is 0 Å². The highest BCUT2D eigenvalue weighted by Crippen LogP contribution is 2.22. The van der Waals surface area contributed by atoms with Crippen LogP contribution < -0.4 is 10.5 Å². The third-order valence-corrected chi connectivity index (χ3v) is 1.27. The maximum absolute atomic E-state index is 11.7. The number of alkyl halides is 3. The van der Waals surface area contributed by atoms with Crippen LogP contribution in [0.3, 0.4) is 0 Å². The van der Waals surface area contributed by atoms with E-state index in [1.807, 2.05) is 0 Å². The number of halogens is 3. The van der Waals surface area contributed by atoms with Crippen molar-refractivity contribution in [2.75, 3.05) is 0 Å². The topological polar surface area (TPSA) is 35.2 Å². The molecule has 2 N–H and O–H groups in total. The number of hydrogen-bond donors (Lipinski definition) is 1. The Morgan fingerprint density at radius 1 is 1.38 bits per heavy atom. The predicted molar refractivity (Wildman–Crippen MR) is 39.9 cm³/mol. The molecule has 13 heavy (non-hydrogen) atoms. The SMILES string of the molecule is NCc1[c]c(OC(F)(F)F)ccc1. The fourth-order valence-corrected chi connectivity index (χ4v) is 0.797. The molecule has 0 fully saturated rings. The lowest BCUT2D eigenvalue weighted by Gasteiger charge is -2.08. The molecule has 0 unspecified atom stereocenters. The molecule has 0 spiro atoms. The summed E-state index contributed by atoms with van der Waals surface area (Å²) >= 11 is 0. The lowest BCUT2D eigenvalue weighted by atomic mass is 10.2. The Hall–Kier alpha value is -1.23. The Bertz CT molecular complexity index is 285. The number of nitrogens with two attached hydrogens (primary N) is 1. The van der Waals surface area contributed by atoms with Crippen molar-refractivity contribution < 1.29 is 17.9 Å². The first-order valence-electron chi connectivity index (χ1n) is 3.48. The zero-order valence-electron chi connectivity index (χ0n) is 6.56. The van der Waals surface area contributed by atoms with E-state index in [-0.39, 0.29) is 12.3 Å². The van der Waals surface area contributed by atoms with Crippen molar-refractivity contribution in [3.63, 3.8) is 0 Å². The minimum atomic E-state index is -4.68. The van der Waals surface area contributed by atoms with Crippen molar-refractivity contribution >= 4 is 0 Å². The van der Waals surface area contributed by atoms with E-state index in [0.717, 1.165) is 0 Å². The largest absolute Gasteiger partial charge is 0.573 e. The molecule has 0 saturated heterocycles. The van der Waals surface area contributed by atoms with E-state index in [0.29, 0.717) is 5.56 Å². The molecular formula is C8H7F3NO. The normalized spacial score (nSPS) is 11.4. The summed E-state index contributed by atoms with van der Waals surface area (Å²) in [6.45, 7) is 0.134. The van der Waals surface area contributed by atoms with E-state index in [4.69, 9.17) is 5.73 Å². The Labute approximate surface area is 73.1 Å². The molecule has 0 amide bonds. The Balaban J connectivity index is 2.78. The molecule has 1 rings (SSSR count). The first kappa shape index (κ1) is 9.85. The third-order valence-electron chi connectivity index (χ3n) is 1.27. The second-order valence-electron chi connectivity index (χ2n) is 2.29. The first-order valence-corrected chi connectivity index (χ1v) is 3.48. The van der Waals surface area contributed by atoms with Crippen LogP contribution in [0.15, 0.2) is 18.2 Å². The zero-order valence-corrected chi connectivity index (χ0v) is 6.56. The fourth-order valence-electron chi connectivity index (χ4n) is 0.797. The molecule has 0 aliphatic heterocycles. The van der Waals surface area contributed by atoms with Gasteiger partial charge < -0.3 is 10.5 Å². The van der Waals surface area contributed by atoms with Crippen molar-refractivity contribution in [3.8, 4) is 5.75 Å². The molecular weight excluding hydrogens is 183 g/mol. The average Bonchev–Trinajstić information content (AvgIpc) is 2.01. The van der Waals surface area contributed by atoms with Gasteiger partial charge in [0, 0.05) is 12.6 Å². The van der Waals surface area contributed by atoms with Crippen molar-refractivity contribution in [1.82, 2.24) is 0 Å². The first-order chi connectivity index (χ1) is 6.01. The van der Waals surface area contributed by atoms with Crippen LogP contribution in [-0.2, 0) is 6.54 Å². The number of benzene rings is 1. The van der Waals surface area contributed by atoms with Crippen LogP contribution >= 0.6 is 0 Å². The van der Waals surface area contributed by atoms with Crippen LogP contribution in [0.4, 0.5) is 13.2 Å². The summed E-state index contributed by atoms with van der Waals surface area (Å²) < 4.78 is 38.7. The van der Waals surface area contributed by atoms with Gasteiger partial charge in [0.25, 0.3) is 0 Å². The van der Waals surface area contributed by atoms with Gasteiger partial charge in [-0.1, -0.05) is 12.1 Å². The van der Waals surface area contributed by atoms with Crippen molar-refractivity contribution in [2.24, 2.45) is 5.73 Å². The van der Waals surface area contributed by atoms with Gasteiger partial charge in [0.2, 0.25) is 0 Å². The summed E-state index contributed by atoms with van der Waals surface area (Å²) in [5.74, 6) is -0.365. The van der Waals surface area contributed by atoms with E-state index in [2.05, 4.69) is 10.8 Å². The molecule has 1 aromatic carbocycles. The number of rotatable bonds is 2. The smallest absolute Gasteiger partial charge is 0.405 e.